The highest BCUT2D eigenvalue weighted by Crippen LogP contribution is 2.19. The minimum atomic E-state index is 0.308. The number of amides is 1. The SMILES string of the molecule is O=C(CCN1CCCN(c2nccs2)CC1)N1CCNCC1. The van der Waals surface area contributed by atoms with Gasteiger partial charge in [0.05, 0.1) is 0 Å². The summed E-state index contributed by atoms with van der Waals surface area (Å²) >= 11 is 1.71. The molecule has 1 amide bonds. The third-order valence-electron chi connectivity index (χ3n) is 4.39. The third-order valence-corrected chi connectivity index (χ3v) is 5.22. The molecule has 7 heteroatoms. The molecule has 2 aliphatic rings. The number of nitrogens with one attached hydrogen (secondary N) is 1. The Labute approximate surface area is 136 Å². The zero-order valence-electron chi connectivity index (χ0n) is 13.0. The molecular weight excluding hydrogens is 298 g/mol. The van der Waals surface area contributed by atoms with Crippen LogP contribution in [0.2, 0.25) is 0 Å². The van der Waals surface area contributed by atoms with E-state index in [9.17, 15) is 4.79 Å². The summed E-state index contributed by atoms with van der Waals surface area (Å²) < 4.78 is 0. The molecule has 3 heterocycles. The highest BCUT2D eigenvalue weighted by atomic mass is 32.1. The lowest BCUT2D eigenvalue weighted by Gasteiger charge is -2.28. The van der Waals surface area contributed by atoms with Gasteiger partial charge in [0.15, 0.2) is 5.13 Å². The first-order chi connectivity index (χ1) is 10.8. The molecule has 2 fully saturated rings. The molecule has 0 spiro atoms. The van der Waals surface area contributed by atoms with Crippen molar-refractivity contribution in [2.24, 2.45) is 0 Å². The average molecular weight is 323 g/mol. The molecule has 3 rings (SSSR count). The Morgan fingerprint density at radius 2 is 2.05 bits per heavy atom. The molecule has 0 unspecified atom stereocenters. The van der Waals surface area contributed by atoms with Gasteiger partial charge in [0, 0.05) is 70.4 Å². The zero-order valence-corrected chi connectivity index (χ0v) is 13.9. The Bertz CT molecular complexity index is 461. The van der Waals surface area contributed by atoms with E-state index in [-0.39, 0.29) is 0 Å². The Morgan fingerprint density at radius 1 is 1.18 bits per heavy atom. The maximum absolute atomic E-state index is 12.2. The lowest BCUT2D eigenvalue weighted by molar-refractivity contribution is -0.132. The van der Waals surface area contributed by atoms with E-state index < -0.39 is 0 Å². The van der Waals surface area contributed by atoms with Crippen molar-refractivity contribution in [1.82, 2.24) is 20.1 Å². The molecule has 0 aromatic carbocycles. The first-order valence-electron chi connectivity index (χ1n) is 8.18. The van der Waals surface area contributed by atoms with Crippen LogP contribution in [0.4, 0.5) is 5.13 Å². The monoisotopic (exact) mass is 323 g/mol. The summed E-state index contributed by atoms with van der Waals surface area (Å²) in [6.45, 7) is 8.63. The van der Waals surface area contributed by atoms with Crippen molar-refractivity contribution >= 4 is 22.4 Å². The molecule has 2 saturated heterocycles. The fraction of sp³-hybridized carbons (Fsp3) is 0.733. The lowest BCUT2D eigenvalue weighted by atomic mass is 10.3. The minimum Gasteiger partial charge on any atom is -0.347 e. The quantitative estimate of drug-likeness (QED) is 0.873. The van der Waals surface area contributed by atoms with Crippen molar-refractivity contribution < 1.29 is 4.79 Å². The van der Waals surface area contributed by atoms with E-state index in [0.29, 0.717) is 12.3 Å². The first-order valence-corrected chi connectivity index (χ1v) is 9.06. The van der Waals surface area contributed by atoms with Gasteiger partial charge in [-0.2, -0.15) is 0 Å². The van der Waals surface area contributed by atoms with E-state index in [1.807, 2.05) is 16.5 Å². The molecule has 2 aliphatic heterocycles. The topological polar surface area (TPSA) is 51.7 Å². The van der Waals surface area contributed by atoms with Gasteiger partial charge in [-0.05, 0) is 13.0 Å². The van der Waals surface area contributed by atoms with Crippen LogP contribution in [-0.4, -0.2) is 79.6 Å². The fourth-order valence-corrected chi connectivity index (χ4v) is 3.78. The van der Waals surface area contributed by atoms with E-state index >= 15 is 0 Å². The molecule has 0 saturated carbocycles. The Kier molecular flexibility index (Phi) is 5.64. The van der Waals surface area contributed by atoms with E-state index in [1.54, 1.807) is 11.3 Å². The molecule has 6 nitrogen and oxygen atoms in total. The van der Waals surface area contributed by atoms with Gasteiger partial charge in [-0.15, -0.1) is 11.3 Å². The number of rotatable bonds is 4. The average Bonchev–Trinajstić information content (AvgIpc) is 2.99. The van der Waals surface area contributed by atoms with Crippen molar-refractivity contribution in [2.75, 3.05) is 63.8 Å². The summed E-state index contributed by atoms with van der Waals surface area (Å²) in [6, 6.07) is 0. The molecule has 1 N–H and O–H groups in total. The number of thiazole rings is 1. The van der Waals surface area contributed by atoms with Crippen molar-refractivity contribution in [3.8, 4) is 0 Å². The highest BCUT2D eigenvalue weighted by Gasteiger charge is 2.19. The van der Waals surface area contributed by atoms with Crippen molar-refractivity contribution in [3.05, 3.63) is 11.6 Å². The summed E-state index contributed by atoms with van der Waals surface area (Å²) in [6.07, 6.45) is 3.66. The van der Waals surface area contributed by atoms with Crippen LogP contribution in [0.25, 0.3) is 0 Å². The predicted molar refractivity (Wildman–Crippen MR) is 89.5 cm³/mol. The lowest BCUT2D eigenvalue weighted by Crippen LogP contribution is -2.47. The smallest absolute Gasteiger partial charge is 0.223 e. The standard InChI is InChI=1S/C15H25N5OS/c21-14(19-9-3-16-4-10-19)2-8-18-6-1-7-20(12-11-18)15-17-5-13-22-15/h5,13,16H,1-4,6-12H2. The van der Waals surface area contributed by atoms with Gasteiger partial charge in [-0.3, -0.25) is 4.79 Å². The molecule has 0 radical (unpaired) electrons. The Hall–Kier alpha value is -1.18. The van der Waals surface area contributed by atoms with Crippen molar-refractivity contribution in [2.45, 2.75) is 12.8 Å². The van der Waals surface area contributed by atoms with Gasteiger partial charge in [0.25, 0.3) is 0 Å². The number of piperazine rings is 1. The van der Waals surface area contributed by atoms with Crippen LogP contribution in [0.1, 0.15) is 12.8 Å². The Morgan fingerprint density at radius 3 is 2.82 bits per heavy atom. The maximum atomic E-state index is 12.2. The van der Waals surface area contributed by atoms with Crippen LogP contribution in [-0.2, 0) is 4.79 Å². The maximum Gasteiger partial charge on any atom is 0.223 e. The number of nitrogens with zero attached hydrogens (tertiary/aromatic N) is 4. The summed E-state index contributed by atoms with van der Waals surface area (Å²) in [5, 5.41) is 6.44. The molecular formula is C15H25N5OS. The summed E-state index contributed by atoms with van der Waals surface area (Å²) in [5.41, 5.74) is 0. The number of aromatic nitrogens is 1. The van der Waals surface area contributed by atoms with Crippen LogP contribution < -0.4 is 10.2 Å². The fourth-order valence-electron chi connectivity index (χ4n) is 3.08. The second-order valence-corrected chi connectivity index (χ2v) is 6.75. The van der Waals surface area contributed by atoms with Crippen LogP contribution in [0.3, 0.4) is 0 Å². The summed E-state index contributed by atoms with van der Waals surface area (Å²) in [4.78, 5) is 23.4. The number of anilines is 1. The molecule has 1 aromatic heterocycles. The van der Waals surface area contributed by atoms with E-state index in [4.69, 9.17) is 0 Å². The molecule has 1 aromatic rings. The van der Waals surface area contributed by atoms with Gasteiger partial charge in [-0.25, -0.2) is 4.98 Å². The van der Waals surface area contributed by atoms with Gasteiger partial charge >= 0.3 is 0 Å². The predicted octanol–water partition coefficient (Wildman–Crippen LogP) is 0.477. The van der Waals surface area contributed by atoms with E-state index in [0.717, 1.165) is 70.5 Å². The largest absolute Gasteiger partial charge is 0.347 e. The molecule has 0 atom stereocenters. The molecule has 0 aliphatic carbocycles. The second kappa shape index (κ2) is 7.89. The summed E-state index contributed by atoms with van der Waals surface area (Å²) in [7, 11) is 0. The van der Waals surface area contributed by atoms with Crippen LogP contribution in [0.5, 0.6) is 0 Å². The Balaban J connectivity index is 1.42. The van der Waals surface area contributed by atoms with Gasteiger partial charge in [-0.1, -0.05) is 0 Å². The van der Waals surface area contributed by atoms with Crippen molar-refractivity contribution in [1.29, 1.82) is 0 Å². The van der Waals surface area contributed by atoms with Gasteiger partial charge in [0.1, 0.15) is 0 Å². The van der Waals surface area contributed by atoms with Crippen LogP contribution in [0.15, 0.2) is 11.6 Å². The number of carbonyl (C=O) groups is 1. The molecule has 122 valence electrons. The summed E-state index contributed by atoms with van der Waals surface area (Å²) in [5.74, 6) is 0.308. The number of hydrogen-bond donors (Lipinski definition) is 1. The number of hydrogen-bond acceptors (Lipinski definition) is 6. The molecule has 0 bridgehead atoms. The number of carbonyl (C=O) groups excluding carboxylic acids is 1. The zero-order chi connectivity index (χ0) is 15.2. The van der Waals surface area contributed by atoms with Gasteiger partial charge in [0.2, 0.25) is 5.91 Å². The van der Waals surface area contributed by atoms with E-state index in [1.165, 1.54) is 0 Å². The molecule has 22 heavy (non-hydrogen) atoms. The first kappa shape index (κ1) is 15.7. The minimum absolute atomic E-state index is 0.308. The van der Waals surface area contributed by atoms with Gasteiger partial charge < -0.3 is 20.0 Å². The highest BCUT2D eigenvalue weighted by molar-refractivity contribution is 7.13. The third kappa shape index (κ3) is 4.18. The van der Waals surface area contributed by atoms with Crippen LogP contribution >= 0.6 is 11.3 Å². The van der Waals surface area contributed by atoms with Crippen LogP contribution in [0, 0.1) is 0 Å². The second-order valence-electron chi connectivity index (χ2n) is 5.88. The van der Waals surface area contributed by atoms with Crippen molar-refractivity contribution in [3.63, 3.8) is 0 Å². The van der Waals surface area contributed by atoms with E-state index in [2.05, 4.69) is 20.1 Å². The normalized spacial score (nSPS) is 20.9.